The third kappa shape index (κ3) is 5.28. The Kier molecular flexibility index (Phi) is 7.61. The predicted molar refractivity (Wildman–Crippen MR) is 214 cm³/mol. The lowest BCUT2D eigenvalue weighted by molar-refractivity contribution is 1.55. The zero-order chi connectivity index (χ0) is 33.3. The SMILES string of the molecule is c1ccc(-c2ccc(-c3ccc(-c4c5ccccc5c(-c5ccccc5)c5ccccc45)cc3-c3ccccc3-c3ccccc3)cc2)cc1. The molecule has 0 spiro atoms. The van der Waals surface area contributed by atoms with Crippen molar-refractivity contribution >= 4 is 21.5 Å². The Bertz CT molecular complexity index is 2540. The predicted octanol–water partition coefficient (Wildman–Crippen LogP) is 14.0. The summed E-state index contributed by atoms with van der Waals surface area (Å²) in [6.45, 7) is 0. The molecule has 0 amide bonds. The van der Waals surface area contributed by atoms with Gasteiger partial charge < -0.3 is 0 Å². The van der Waals surface area contributed by atoms with E-state index in [1.165, 1.54) is 88.3 Å². The minimum atomic E-state index is 1.20. The molecule has 0 aromatic heterocycles. The Morgan fingerprint density at radius 2 is 0.520 bits per heavy atom. The molecule has 50 heavy (non-hydrogen) atoms. The molecule has 9 rings (SSSR count). The van der Waals surface area contributed by atoms with Crippen LogP contribution in [0.15, 0.2) is 206 Å². The largest absolute Gasteiger partial charge is 0.0622 e. The van der Waals surface area contributed by atoms with Crippen molar-refractivity contribution in [3.05, 3.63) is 206 Å². The highest BCUT2D eigenvalue weighted by Crippen LogP contribution is 2.46. The first-order valence-corrected chi connectivity index (χ1v) is 17.3. The van der Waals surface area contributed by atoms with E-state index in [0.717, 1.165) is 0 Å². The number of benzene rings is 9. The average molecular weight is 635 g/mol. The van der Waals surface area contributed by atoms with Crippen molar-refractivity contribution in [3.63, 3.8) is 0 Å². The van der Waals surface area contributed by atoms with Crippen LogP contribution in [0.2, 0.25) is 0 Å². The van der Waals surface area contributed by atoms with Crippen molar-refractivity contribution in [1.82, 2.24) is 0 Å². The standard InChI is InChI=1S/C50H34/c1-4-16-35(17-5-1)36-28-30-38(31-29-36)42-33-32-40(34-48(42)43-23-11-10-22-41(43)37-18-6-2-7-19-37)50-46-26-14-12-24-44(46)49(39-20-8-3-9-21-39)45-25-13-15-27-47(45)50/h1-34H. The van der Waals surface area contributed by atoms with E-state index >= 15 is 0 Å². The molecule has 0 nitrogen and oxygen atoms in total. The second kappa shape index (κ2) is 12.8. The van der Waals surface area contributed by atoms with Crippen LogP contribution in [-0.2, 0) is 0 Å². The first kappa shape index (κ1) is 29.6. The van der Waals surface area contributed by atoms with Crippen molar-refractivity contribution in [1.29, 1.82) is 0 Å². The van der Waals surface area contributed by atoms with Crippen LogP contribution in [0, 0.1) is 0 Å². The second-order valence-corrected chi connectivity index (χ2v) is 12.8. The first-order valence-electron chi connectivity index (χ1n) is 17.3. The van der Waals surface area contributed by atoms with Crippen LogP contribution >= 0.6 is 0 Å². The summed E-state index contributed by atoms with van der Waals surface area (Å²) in [4.78, 5) is 0. The highest BCUT2D eigenvalue weighted by molar-refractivity contribution is 6.21. The molecule has 0 unspecified atom stereocenters. The number of hydrogen-bond donors (Lipinski definition) is 0. The second-order valence-electron chi connectivity index (χ2n) is 12.8. The highest BCUT2D eigenvalue weighted by atomic mass is 14.2. The highest BCUT2D eigenvalue weighted by Gasteiger charge is 2.19. The van der Waals surface area contributed by atoms with Crippen LogP contribution in [0.5, 0.6) is 0 Å². The molecule has 0 fully saturated rings. The van der Waals surface area contributed by atoms with Gasteiger partial charge in [-0.25, -0.2) is 0 Å². The molecule has 0 heterocycles. The fourth-order valence-electron chi connectivity index (χ4n) is 7.59. The van der Waals surface area contributed by atoms with E-state index in [0.29, 0.717) is 0 Å². The first-order chi connectivity index (χ1) is 24.8. The summed E-state index contributed by atoms with van der Waals surface area (Å²) in [7, 11) is 0. The number of rotatable bonds is 6. The average Bonchev–Trinajstić information content (AvgIpc) is 3.21. The minimum Gasteiger partial charge on any atom is -0.0622 e. The summed E-state index contributed by atoms with van der Waals surface area (Å²) in [5, 5.41) is 5.04. The van der Waals surface area contributed by atoms with Gasteiger partial charge in [-0.3, -0.25) is 0 Å². The molecule has 0 atom stereocenters. The summed E-state index contributed by atoms with van der Waals surface area (Å²) in [5.74, 6) is 0. The molecular formula is C50H34. The smallest absolute Gasteiger partial charge is 0.00261 e. The van der Waals surface area contributed by atoms with E-state index in [1.807, 2.05) is 0 Å². The van der Waals surface area contributed by atoms with Crippen molar-refractivity contribution in [3.8, 4) is 66.8 Å². The van der Waals surface area contributed by atoms with Crippen LogP contribution < -0.4 is 0 Å². The van der Waals surface area contributed by atoms with Crippen molar-refractivity contribution in [2.24, 2.45) is 0 Å². The van der Waals surface area contributed by atoms with Gasteiger partial charge in [0.1, 0.15) is 0 Å². The van der Waals surface area contributed by atoms with Crippen LogP contribution in [0.25, 0.3) is 88.3 Å². The van der Waals surface area contributed by atoms with Crippen LogP contribution in [0.3, 0.4) is 0 Å². The van der Waals surface area contributed by atoms with E-state index in [2.05, 4.69) is 206 Å². The van der Waals surface area contributed by atoms with Crippen LogP contribution in [-0.4, -0.2) is 0 Å². The fraction of sp³-hybridized carbons (Fsp3) is 0. The Labute approximate surface area is 293 Å². The Balaban J connectivity index is 1.31. The van der Waals surface area contributed by atoms with Gasteiger partial charge in [-0.05, 0) is 94.4 Å². The molecule has 0 heteroatoms. The van der Waals surface area contributed by atoms with E-state index in [9.17, 15) is 0 Å². The van der Waals surface area contributed by atoms with Gasteiger partial charge >= 0.3 is 0 Å². The van der Waals surface area contributed by atoms with Gasteiger partial charge in [0.2, 0.25) is 0 Å². The Morgan fingerprint density at radius 1 is 0.180 bits per heavy atom. The van der Waals surface area contributed by atoms with E-state index in [-0.39, 0.29) is 0 Å². The minimum absolute atomic E-state index is 1.20. The van der Waals surface area contributed by atoms with Crippen molar-refractivity contribution < 1.29 is 0 Å². The van der Waals surface area contributed by atoms with E-state index < -0.39 is 0 Å². The molecule has 0 aliphatic rings. The normalized spacial score (nSPS) is 11.2. The summed E-state index contributed by atoms with van der Waals surface area (Å²) < 4.78 is 0. The molecule has 0 aliphatic carbocycles. The summed E-state index contributed by atoms with van der Waals surface area (Å²) >= 11 is 0. The molecule has 0 aliphatic heterocycles. The van der Waals surface area contributed by atoms with E-state index in [4.69, 9.17) is 0 Å². The zero-order valence-corrected chi connectivity index (χ0v) is 27.6. The molecule has 0 saturated heterocycles. The summed E-state index contributed by atoms with van der Waals surface area (Å²) in [5.41, 5.74) is 14.7. The van der Waals surface area contributed by atoms with Crippen LogP contribution in [0.4, 0.5) is 0 Å². The maximum Gasteiger partial charge on any atom is -0.00261 e. The number of fused-ring (bicyclic) bond motifs is 2. The molecule has 9 aromatic rings. The lowest BCUT2D eigenvalue weighted by Crippen LogP contribution is -1.93. The fourth-order valence-corrected chi connectivity index (χ4v) is 7.59. The molecule has 0 saturated carbocycles. The van der Waals surface area contributed by atoms with Crippen molar-refractivity contribution in [2.45, 2.75) is 0 Å². The molecule has 0 radical (unpaired) electrons. The summed E-state index contributed by atoms with van der Waals surface area (Å²) in [6, 6.07) is 74.9. The molecule has 0 bridgehead atoms. The maximum atomic E-state index is 2.43. The quantitative estimate of drug-likeness (QED) is 0.160. The Morgan fingerprint density at radius 3 is 1.08 bits per heavy atom. The lowest BCUT2D eigenvalue weighted by Gasteiger charge is -2.20. The molecule has 234 valence electrons. The monoisotopic (exact) mass is 634 g/mol. The van der Waals surface area contributed by atoms with Gasteiger partial charge in [0.05, 0.1) is 0 Å². The van der Waals surface area contributed by atoms with Gasteiger partial charge in [-0.15, -0.1) is 0 Å². The summed E-state index contributed by atoms with van der Waals surface area (Å²) in [6.07, 6.45) is 0. The third-order valence-electron chi connectivity index (χ3n) is 9.91. The third-order valence-corrected chi connectivity index (χ3v) is 9.91. The van der Waals surface area contributed by atoms with Crippen LogP contribution in [0.1, 0.15) is 0 Å². The van der Waals surface area contributed by atoms with E-state index in [1.54, 1.807) is 0 Å². The molecular weight excluding hydrogens is 601 g/mol. The van der Waals surface area contributed by atoms with Gasteiger partial charge in [-0.2, -0.15) is 0 Å². The Hall–Kier alpha value is -6.50. The van der Waals surface area contributed by atoms with Gasteiger partial charge in [0.25, 0.3) is 0 Å². The molecule has 9 aromatic carbocycles. The topological polar surface area (TPSA) is 0 Å². The maximum absolute atomic E-state index is 2.43. The van der Waals surface area contributed by atoms with Gasteiger partial charge in [0, 0.05) is 0 Å². The van der Waals surface area contributed by atoms with Crippen molar-refractivity contribution in [2.75, 3.05) is 0 Å². The van der Waals surface area contributed by atoms with Gasteiger partial charge in [-0.1, -0.05) is 200 Å². The number of hydrogen-bond acceptors (Lipinski definition) is 0. The van der Waals surface area contributed by atoms with Gasteiger partial charge in [0.15, 0.2) is 0 Å². The lowest BCUT2D eigenvalue weighted by atomic mass is 9.83. The molecule has 0 N–H and O–H groups in total. The zero-order valence-electron chi connectivity index (χ0n) is 27.6.